The Balaban J connectivity index is 2.48. The van der Waals surface area contributed by atoms with Gasteiger partial charge in [-0.3, -0.25) is 0 Å². The zero-order chi connectivity index (χ0) is 14.7. The van der Waals surface area contributed by atoms with E-state index < -0.39 is 0 Å². The largest absolute Gasteiger partial charge is 0.463 e. The molecule has 0 N–H and O–H groups in total. The van der Waals surface area contributed by atoms with E-state index in [0.717, 1.165) is 22.0 Å². The van der Waals surface area contributed by atoms with Gasteiger partial charge < -0.3 is 4.74 Å². The molecular formula is C16H16ClNO2. The van der Waals surface area contributed by atoms with Crippen LogP contribution in [0.25, 0.3) is 17.0 Å². The molecule has 1 heterocycles. The normalized spacial score (nSPS) is 11.2. The van der Waals surface area contributed by atoms with Gasteiger partial charge in [-0.1, -0.05) is 17.7 Å². The first-order valence-electron chi connectivity index (χ1n) is 6.44. The molecule has 0 fully saturated rings. The molecule has 0 aliphatic carbocycles. The maximum absolute atomic E-state index is 11.3. The number of halogens is 1. The summed E-state index contributed by atoms with van der Waals surface area (Å²) in [5, 5.41) is 1.65. The third-order valence-electron chi connectivity index (χ3n) is 3.01. The molecule has 0 spiro atoms. The maximum Gasteiger partial charge on any atom is 0.330 e. The van der Waals surface area contributed by atoms with E-state index in [0.29, 0.717) is 17.3 Å². The SMILES string of the molecule is CCOC(=O)/C=C/c1cc(C)c2c(Cl)ccc(C)c2n1. The summed E-state index contributed by atoms with van der Waals surface area (Å²) in [6.07, 6.45) is 3.04. The summed E-state index contributed by atoms with van der Waals surface area (Å²) in [5.41, 5.74) is 3.67. The van der Waals surface area contributed by atoms with E-state index in [-0.39, 0.29) is 5.97 Å². The van der Waals surface area contributed by atoms with E-state index >= 15 is 0 Å². The van der Waals surface area contributed by atoms with Gasteiger partial charge in [0.05, 0.1) is 22.8 Å². The molecule has 0 aliphatic heterocycles. The summed E-state index contributed by atoms with van der Waals surface area (Å²) in [6, 6.07) is 5.72. The Kier molecular flexibility index (Phi) is 4.40. The van der Waals surface area contributed by atoms with E-state index in [2.05, 4.69) is 4.98 Å². The van der Waals surface area contributed by atoms with Crippen molar-refractivity contribution in [2.75, 3.05) is 6.61 Å². The molecule has 1 aromatic heterocycles. The summed E-state index contributed by atoms with van der Waals surface area (Å²) in [5.74, 6) is -0.366. The summed E-state index contributed by atoms with van der Waals surface area (Å²) < 4.78 is 4.85. The van der Waals surface area contributed by atoms with Gasteiger partial charge in [-0.25, -0.2) is 9.78 Å². The van der Waals surface area contributed by atoms with Crippen molar-refractivity contribution in [3.63, 3.8) is 0 Å². The van der Waals surface area contributed by atoms with Crippen LogP contribution in [0.3, 0.4) is 0 Å². The van der Waals surface area contributed by atoms with Crippen molar-refractivity contribution in [3.05, 3.63) is 46.1 Å². The highest BCUT2D eigenvalue weighted by Gasteiger charge is 2.08. The number of aromatic nitrogens is 1. The fourth-order valence-electron chi connectivity index (χ4n) is 2.07. The standard InChI is InChI=1S/C16H16ClNO2/c1-4-20-14(19)8-6-12-9-11(3)15-13(17)7-5-10(2)16(15)18-12/h5-9H,4H2,1-3H3/b8-6+. The zero-order valence-electron chi connectivity index (χ0n) is 11.7. The highest BCUT2D eigenvalue weighted by molar-refractivity contribution is 6.35. The number of nitrogens with zero attached hydrogens (tertiary/aromatic N) is 1. The molecule has 4 heteroatoms. The Morgan fingerprint density at radius 2 is 2.10 bits per heavy atom. The number of rotatable bonds is 3. The number of ether oxygens (including phenoxy) is 1. The minimum atomic E-state index is -0.366. The van der Waals surface area contributed by atoms with E-state index in [1.165, 1.54) is 6.08 Å². The van der Waals surface area contributed by atoms with Gasteiger partial charge in [0.15, 0.2) is 0 Å². The Morgan fingerprint density at radius 3 is 2.80 bits per heavy atom. The Labute approximate surface area is 123 Å². The van der Waals surface area contributed by atoms with E-state index in [1.54, 1.807) is 13.0 Å². The smallest absolute Gasteiger partial charge is 0.330 e. The summed E-state index contributed by atoms with van der Waals surface area (Å²) >= 11 is 6.22. The number of carbonyl (C=O) groups is 1. The fraction of sp³-hybridized carbons (Fsp3) is 0.250. The number of esters is 1. The second kappa shape index (κ2) is 6.06. The molecule has 20 heavy (non-hydrogen) atoms. The third kappa shape index (κ3) is 2.99. The number of pyridine rings is 1. The van der Waals surface area contributed by atoms with Crippen LogP contribution >= 0.6 is 11.6 Å². The lowest BCUT2D eigenvalue weighted by Gasteiger charge is -2.08. The third-order valence-corrected chi connectivity index (χ3v) is 3.32. The van der Waals surface area contributed by atoms with Crippen LogP contribution in [-0.2, 0) is 9.53 Å². The summed E-state index contributed by atoms with van der Waals surface area (Å²) in [4.78, 5) is 15.9. The van der Waals surface area contributed by atoms with Gasteiger partial charge in [0.25, 0.3) is 0 Å². The van der Waals surface area contributed by atoms with E-state index in [9.17, 15) is 4.79 Å². The highest BCUT2D eigenvalue weighted by atomic mass is 35.5. The van der Waals surface area contributed by atoms with Crippen molar-refractivity contribution in [3.8, 4) is 0 Å². The Morgan fingerprint density at radius 1 is 1.35 bits per heavy atom. The number of aryl methyl sites for hydroxylation is 2. The van der Waals surface area contributed by atoms with Gasteiger partial charge in [-0.15, -0.1) is 0 Å². The first-order chi connectivity index (χ1) is 9.52. The average Bonchev–Trinajstić information content (AvgIpc) is 2.41. The summed E-state index contributed by atoms with van der Waals surface area (Å²) in [6.45, 7) is 6.11. The molecule has 0 radical (unpaired) electrons. The molecule has 0 aliphatic rings. The molecule has 0 atom stereocenters. The van der Waals surface area contributed by atoms with Crippen LogP contribution < -0.4 is 0 Å². The van der Waals surface area contributed by atoms with Gasteiger partial charge in [0.1, 0.15) is 0 Å². The van der Waals surface area contributed by atoms with E-state index in [1.807, 2.05) is 32.0 Å². The molecule has 0 saturated heterocycles. The van der Waals surface area contributed by atoms with Crippen LogP contribution in [-0.4, -0.2) is 17.6 Å². The molecule has 0 bridgehead atoms. The number of fused-ring (bicyclic) bond motifs is 1. The van der Waals surface area contributed by atoms with E-state index in [4.69, 9.17) is 16.3 Å². The van der Waals surface area contributed by atoms with Crippen molar-refractivity contribution < 1.29 is 9.53 Å². The minimum absolute atomic E-state index is 0.363. The quantitative estimate of drug-likeness (QED) is 0.631. The molecule has 0 unspecified atom stereocenters. The fourth-order valence-corrected chi connectivity index (χ4v) is 2.38. The zero-order valence-corrected chi connectivity index (χ0v) is 12.5. The van der Waals surface area contributed by atoms with Crippen LogP contribution in [0.4, 0.5) is 0 Å². The maximum atomic E-state index is 11.3. The van der Waals surface area contributed by atoms with Crippen LogP contribution in [0, 0.1) is 13.8 Å². The van der Waals surface area contributed by atoms with Crippen molar-refractivity contribution >= 4 is 34.5 Å². The van der Waals surface area contributed by atoms with Crippen LogP contribution in [0.5, 0.6) is 0 Å². The summed E-state index contributed by atoms with van der Waals surface area (Å²) in [7, 11) is 0. The van der Waals surface area contributed by atoms with Crippen LogP contribution in [0.1, 0.15) is 23.7 Å². The molecule has 2 rings (SSSR count). The molecule has 0 amide bonds. The lowest BCUT2D eigenvalue weighted by Crippen LogP contribution is -1.99. The minimum Gasteiger partial charge on any atom is -0.463 e. The van der Waals surface area contributed by atoms with Crippen LogP contribution in [0.15, 0.2) is 24.3 Å². The first-order valence-corrected chi connectivity index (χ1v) is 6.82. The van der Waals surface area contributed by atoms with Crippen molar-refractivity contribution in [1.82, 2.24) is 4.98 Å². The van der Waals surface area contributed by atoms with Gasteiger partial charge in [-0.2, -0.15) is 0 Å². The average molecular weight is 290 g/mol. The monoisotopic (exact) mass is 289 g/mol. The first kappa shape index (κ1) is 14.5. The van der Waals surface area contributed by atoms with Crippen molar-refractivity contribution in [2.24, 2.45) is 0 Å². The topological polar surface area (TPSA) is 39.2 Å². The van der Waals surface area contributed by atoms with Gasteiger partial charge in [-0.05, 0) is 50.1 Å². The lowest BCUT2D eigenvalue weighted by atomic mass is 10.1. The van der Waals surface area contributed by atoms with Gasteiger partial charge in [0.2, 0.25) is 0 Å². The van der Waals surface area contributed by atoms with Crippen molar-refractivity contribution in [2.45, 2.75) is 20.8 Å². The molecule has 0 saturated carbocycles. The lowest BCUT2D eigenvalue weighted by molar-refractivity contribution is -0.137. The highest BCUT2D eigenvalue weighted by Crippen LogP contribution is 2.28. The predicted molar refractivity (Wildman–Crippen MR) is 81.9 cm³/mol. The molecule has 104 valence electrons. The number of hydrogen-bond acceptors (Lipinski definition) is 3. The van der Waals surface area contributed by atoms with Crippen LogP contribution in [0.2, 0.25) is 5.02 Å². The number of benzene rings is 1. The Bertz CT molecular complexity index is 692. The second-order valence-electron chi connectivity index (χ2n) is 4.54. The van der Waals surface area contributed by atoms with Gasteiger partial charge >= 0.3 is 5.97 Å². The number of carbonyl (C=O) groups excluding carboxylic acids is 1. The number of hydrogen-bond donors (Lipinski definition) is 0. The molecule has 2 aromatic rings. The molecule has 3 nitrogen and oxygen atoms in total. The van der Waals surface area contributed by atoms with Crippen molar-refractivity contribution in [1.29, 1.82) is 0 Å². The molecular weight excluding hydrogens is 274 g/mol. The Hall–Kier alpha value is -1.87. The molecule has 1 aromatic carbocycles. The second-order valence-corrected chi connectivity index (χ2v) is 4.94. The van der Waals surface area contributed by atoms with Gasteiger partial charge in [0, 0.05) is 11.5 Å². The predicted octanol–water partition coefficient (Wildman–Crippen LogP) is 4.08.